The molecule has 0 rings (SSSR count). The molecule has 0 aliphatic heterocycles. The number of hydrogen-bond acceptors (Lipinski definition) is 5. The zero-order valence-electron chi connectivity index (χ0n) is 9.45. The van der Waals surface area contributed by atoms with Gasteiger partial charge in [-0.1, -0.05) is 6.58 Å². The summed E-state index contributed by atoms with van der Waals surface area (Å²) < 4.78 is 20.5. The predicted molar refractivity (Wildman–Crippen MR) is 57.2 cm³/mol. The largest absolute Gasteiger partial charge is 0.678 e. The van der Waals surface area contributed by atoms with Crippen LogP contribution in [0.3, 0.4) is 0 Å². The standard InChI is InChI=1S/C9H18O5Si/c1-5-9(10)7-6-8-14-15(11-2,12-3)13-4/h5H,1,6-8H2,2-4H3. The second-order valence-electron chi connectivity index (χ2n) is 2.73. The van der Waals surface area contributed by atoms with E-state index in [0.29, 0.717) is 19.4 Å². The summed E-state index contributed by atoms with van der Waals surface area (Å²) in [7, 11) is 1.46. The van der Waals surface area contributed by atoms with E-state index >= 15 is 0 Å². The fraction of sp³-hybridized carbons (Fsp3) is 0.667. The van der Waals surface area contributed by atoms with Crippen LogP contribution < -0.4 is 0 Å². The maximum atomic E-state index is 10.9. The van der Waals surface area contributed by atoms with Gasteiger partial charge in [0.05, 0.1) is 0 Å². The molecule has 0 spiro atoms. The van der Waals surface area contributed by atoms with E-state index in [-0.39, 0.29) is 5.78 Å². The van der Waals surface area contributed by atoms with Crippen molar-refractivity contribution >= 4 is 14.8 Å². The molecule has 88 valence electrons. The van der Waals surface area contributed by atoms with E-state index in [1.165, 1.54) is 27.4 Å². The summed E-state index contributed by atoms with van der Waals surface area (Å²) in [5, 5.41) is 0. The van der Waals surface area contributed by atoms with Gasteiger partial charge in [-0.25, -0.2) is 0 Å². The van der Waals surface area contributed by atoms with Gasteiger partial charge in [0.15, 0.2) is 5.78 Å². The van der Waals surface area contributed by atoms with Crippen molar-refractivity contribution in [3.8, 4) is 0 Å². The molecule has 15 heavy (non-hydrogen) atoms. The summed E-state index contributed by atoms with van der Waals surface area (Å²) in [6.45, 7) is 3.74. The van der Waals surface area contributed by atoms with Gasteiger partial charge in [0, 0.05) is 34.4 Å². The summed E-state index contributed by atoms with van der Waals surface area (Å²) in [5.41, 5.74) is 0. The first-order chi connectivity index (χ1) is 7.14. The Bertz CT molecular complexity index is 194. The van der Waals surface area contributed by atoms with Crippen LogP contribution in [0.15, 0.2) is 12.7 Å². The lowest BCUT2D eigenvalue weighted by Gasteiger charge is -2.22. The van der Waals surface area contributed by atoms with Crippen molar-refractivity contribution in [2.45, 2.75) is 12.8 Å². The van der Waals surface area contributed by atoms with Gasteiger partial charge in [0.2, 0.25) is 0 Å². The van der Waals surface area contributed by atoms with Crippen molar-refractivity contribution in [2.75, 3.05) is 27.9 Å². The molecule has 0 saturated carbocycles. The molecule has 0 N–H and O–H groups in total. The van der Waals surface area contributed by atoms with Crippen LogP contribution in [0.4, 0.5) is 0 Å². The molecule has 0 fully saturated rings. The lowest BCUT2D eigenvalue weighted by atomic mass is 10.2. The molecule has 0 aliphatic carbocycles. The van der Waals surface area contributed by atoms with Gasteiger partial charge in [0.1, 0.15) is 0 Å². The molecular weight excluding hydrogens is 216 g/mol. The SMILES string of the molecule is C=CC(=O)CCCO[Si](OC)(OC)OC. The van der Waals surface area contributed by atoms with Crippen LogP contribution in [0.25, 0.3) is 0 Å². The molecule has 0 aromatic carbocycles. The third-order valence-corrected chi connectivity index (χ3v) is 3.88. The van der Waals surface area contributed by atoms with Gasteiger partial charge in [-0.2, -0.15) is 0 Å². The molecule has 0 aromatic rings. The van der Waals surface area contributed by atoms with E-state index in [1.54, 1.807) is 0 Å². The second-order valence-corrected chi connectivity index (χ2v) is 5.25. The highest BCUT2D eigenvalue weighted by Gasteiger charge is 2.41. The topological polar surface area (TPSA) is 54.0 Å². The molecule has 5 nitrogen and oxygen atoms in total. The highest BCUT2D eigenvalue weighted by Crippen LogP contribution is 2.08. The van der Waals surface area contributed by atoms with Crippen molar-refractivity contribution in [1.29, 1.82) is 0 Å². The fourth-order valence-corrected chi connectivity index (χ4v) is 2.22. The summed E-state index contributed by atoms with van der Waals surface area (Å²) in [5.74, 6) is -0.00174. The van der Waals surface area contributed by atoms with E-state index in [9.17, 15) is 4.79 Å². The van der Waals surface area contributed by atoms with Crippen molar-refractivity contribution in [3.63, 3.8) is 0 Å². The maximum absolute atomic E-state index is 10.9. The number of allylic oxidation sites excluding steroid dienone is 1. The molecule has 0 saturated heterocycles. The van der Waals surface area contributed by atoms with Crippen LogP contribution in [-0.4, -0.2) is 42.8 Å². The van der Waals surface area contributed by atoms with Crippen LogP contribution in [0.5, 0.6) is 0 Å². The summed E-state index contributed by atoms with van der Waals surface area (Å²) in [6.07, 6.45) is 2.30. The molecule has 0 unspecified atom stereocenters. The van der Waals surface area contributed by atoms with E-state index < -0.39 is 9.05 Å². The third kappa shape index (κ3) is 5.19. The van der Waals surface area contributed by atoms with E-state index in [1.807, 2.05) is 0 Å². The van der Waals surface area contributed by atoms with Crippen LogP contribution in [-0.2, 0) is 22.5 Å². The highest BCUT2D eigenvalue weighted by molar-refractivity contribution is 6.53. The normalized spacial score (nSPS) is 11.4. The minimum Gasteiger partial charge on any atom is -0.355 e. The minimum absolute atomic E-state index is 0.00174. The summed E-state index contributed by atoms with van der Waals surface area (Å²) >= 11 is 0. The smallest absolute Gasteiger partial charge is 0.355 e. The van der Waals surface area contributed by atoms with Crippen molar-refractivity contribution in [3.05, 3.63) is 12.7 Å². The number of carbonyl (C=O) groups is 1. The fourth-order valence-electron chi connectivity index (χ4n) is 0.972. The molecule has 0 aliphatic rings. The van der Waals surface area contributed by atoms with Crippen LogP contribution >= 0.6 is 0 Å². The Kier molecular flexibility index (Phi) is 7.44. The predicted octanol–water partition coefficient (Wildman–Crippen LogP) is 0.913. The quantitative estimate of drug-likeness (QED) is 0.337. The average Bonchev–Trinajstić information content (AvgIpc) is 2.30. The first-order valence-electron chi connectivity index (χ1n) is 4.58. The first-order valence-corrected chi connectivity index (χ1v) is 6.22. The number of ketones is 1. The zero-order valence-corrected chi connectivity index (χ0v) is 10.4. The highest BCUT2D eigenvalue weighted by atomic mass is 28.4. The minimum atomic E-state index is -2.94. The Labute approximate surface area is 91.5 Å². The van der Waals surface area contributed by atoms with E-state index in [4.69, 9.17) is 17.7 Å². The molecule has 0 heterocycles. The van der Waals surface area contributed by atoms with Crippen molar-refractivity contribution in [2.24, 2.45) is 0 Å². The molecule has 0 amide bonds. The third-order valence-electron chi connectivity index (χ3n) is 1.82. The Morgan fingerprint density at radius 3 is 2.20 bits per heavy atom. The molecule has 6 heteroatoms. The van der Waals surface area contributed by atoms with Crippen LogP contribution in [0.1, 0.15) is 12.8 Å². The number of hydrogen-bond donors (Lipinski definition) is 0. The monoisotopic (exact) mass is 234 g/mol. The van der Waals surface area contributed by atoms with Gasteiger partial charge >= 0.3 is 9.05 Å². The maximum Gasteiger partial charge on any atom is 0.678 e. The number of carbonyl (C=O) groups excluding carboxylic acids is 1. The summed E-state index contributed by atoms with van der Waals surface area (Å²) in [4.78, 5) is 10.9. The molecule has 0 atom stereocenters. The number of rotatable bonds is 9. The van der Waals surface area contributed by atoms with Gasteiger partial charge in [-0.15, -0.1) is 0 Å². The van der Waals surface area contributed by atoms with Crippen molar-refractivity contribution in [1.82, 2.24) is 0 Å². The Morgan fingerprint density at radius 2 is 1.80 bits per heavy atom. The molecule has 0 bridgehead atoms. The first kappa shape index (κ1) is 14.5. The van der Waals surface area contributed by atoms with Gasteiger partial charge in [0.25, 0.3) is 0 Å². The van der Waals surface area contributed by atoms with Crippen LogP contribution in [0, 0.1) is 0 Å². The second kappa shape index (κ2) is 7.72. The lowest BCUT2D eigenvalue weighted by Crippen LogP contribution is -2.46. The zero-order chi connectivity index (χ0) is 11.7. The van der Waals surface area contributed by atoms with Gasteiger partial charge in [-0.05, 0) is 12.5 Å². The lowest BCUT2D eigenvalue weighted by molar-refractivity contribution is -0.115. The van der Waals surface area contributed by atoms with Crippen LogP contribution in [0.2, 0.25) is 0 Å². The van der Waals surface area contributed by atoms with Gasteiger partial charge < -0.3 is 17.7 Å². The average molecular weight is 234 g/mol. The Balaban J connectivity index is 3.81. The van der Waals surface area contributed by atoms with E-state index in [2.05, 4.69) is 6.58 Å². The van der Waals surface area contributed by atoms with Gasteiger partial charge in [-0.3, -0.25) is 4.79 Å². The van der Waals surface area contributed by atoms with Crippen molar-refractivity contribution < 1.29 is 22.5 Å². The Morgan fingerprint density at radius 1 is 1.27 bits per heavy atom. The summed E-state index contributed by atoms with van der Waals surface area (Å²) in [6, 6.07) is 0. The molecular formula is C9H18O5Si. The Hall–Kier alpha value is -0.533. The molecule has 0 radical (unpaired) electrons. The van der Waals surface area contributed by atoms with E-state index in [0.717, 1.165) is 0 Å². The molecule has 0 aromatic heterocycles.